The predicted octanol–water partition coefficient (Wildman–Crippen LogP) is 13.1. The van der Waals surface area contributed by atoms with E-state index in [1.54, 1.807) is 0 Å². The Kier molecular flexibility index (Phi) is 43.0. The molecule has 0 aliphatic carbocycles. The van der Waals surface area contributed by atoms with Crippen LogP contribution in [0.3, 0.4) is 0 Å². The zero-order chi connectivity index (χ0) is 44.0. The first kappa shape index (κ1) is 57.7. The van der Waals surface area contributed by atoms with Crippen molar-refractivity contribution in [3.63, 3.8) is 0 Å². The summed E-state index contributed by atoms with van der Waals surface area (Å²) in [6, 6.07) is 0. The van der Waals surface area contributed by atoms with Gasteiger partial charge in [0.2, 0.25) is 0 Å². The van der Waals surface area contributed by atoms with Crippen molar-refractivity contribution in [1.29, 1.82) is 0 Å². The van der Waals surface area contributed by atoms with Crippen molar-refractivity contribution in [2.45, 2.75) is 212 Å². The second kappa shape index (κ2) is 44.7. The fourth-order valence-electron chi connectivity index (χ4n) is 6.31. The van der Waals surface area contributed by atoms with Crippen LogP contribution in [-0.2, 0) is 32.7 Å². The van der Waals surface area contributed by atoms with E-state index < -0.39 is 51.8 Å². The number of carbonyl (C=O) groups excluding carboxylic acids is 2. The number of phosphoric acid groups is 1. The lowest BCUT2D eigenvalue weighted by Gasteiger charge is -2.20. The number of allylic oxidation sites excluding steroid dienone is 10. The number of carbonyl (C=O) groups is 2. The molecule has 0 amide bonds. The lowest BCUT2D eigenvalue weighted by atomic mass is 10.0. The van der Waals surface area contributed by atoms with E-state index in [2.05, 4.69) is 74.6 Å². The van der Waals surface area contributed by atoms with Crippen molar-refractivity contribution in [2.75, 3.05) is 26.4 Å². The molecular weight excluding hydrogens is 780 g/mol. The number of hydrogen-bond donors (Lipinski definition) is 3. The third-order valence-corrected chi connectivity index (χ3v) is 10.9. The van der Waals surface area contributed by atoms with Crippen LogP contribution in [0.5, 0.6) is 0 Å². The van der Waals surface area contributed by atoms with E-state index in [0.717, 1.165) is 70.6 Å². The first-order valence-electron chi connectivity index (χ1n) is 23.7. The average molecular weight is 867 g/mol. The quantitative estimate of drug-likeness (QED) is 0.0234. The Morgan fingerprint density at radius 2 is 0.917 bits per heavy atom. The fraction of sp³-hybridized carbons (Fsp3) is 0.755. The molecule has 60 heavy (non-hydrogen) atoms. The zero-order valence-electron chi connectivity index (χ0n) is 37.9. The molecule has 0 aromatic heterocycles. The molecule has 3 unspecified atom stereocenters. The summed E-state index contributed by atoms with van der Waals surface area (Å²) in [5.74, 6) is -0.959. The van der Waals surface area contributed by atoms with Crippen LogP contribution in [0.15, 0.2) is 60.8 Å². The lowest BCUT2D eigenvalue weighted by molar-refractivity contribution is -0.161. The molecule has 0 bridgehead atoms. The molecule has 0 aromatic rings. The Labute approximate surface area is 366 Å². The number of aliphatic hydroxyl groups excluding tert-OH is 2. The van der Waals surface area contributed by atoms with Crippen molar-refractivity contribution < 1.29 is 47.8 Å². The molecule has 11 heteroatoms. The average Bonchev–Trinajstić information content (AvgIpc) is 3.24. The Bertz CT molecular complexity index is 1180. The summed E-state index contributed by atoms with van der Waals surface area (Å²) in [6.45, 7) is 2.25. The largest absolute Gasteiger partial charge is 0.472 e. The maximum Gasteiger partial charge on any atom is 0.472 e. The molecule has 0 radical (unpaired) electrons. The van der Waals surface area contributed by atoms with Crippen molar-refractivity contribution >= 4 is 19.8 Å². The van der Waals surface area contributed by atoms with Crippen LogP contribution in [0.2, 0.25) is 0 Å². The van der Waals surface area contributed by atoms with Crippen LogP contribution in [0.4, 0.5) is 0 Å². The van der Waals surface area contributed by atoms with Crippen LogP contribution in [-0.4, -0.2) is 65.7 Å². The number of rotatable bonds is 44. The highest BCUT2D eigenvalue weighted by Crippen LogP contribution is 2.43. The number of aliphatic hydroxyl groups is 2. The first-order chi connectivity index (χ1) is 29.2. The van der Waals surface area contributed by atoms with Crippen molar-refractivity contribution in [3.05, 3.63) is 60.8 Å². The first-order valence-corrected chi connectivity index (χ1v) is 25.2. The second-order valence-electron chi connectivity index (χ2n) is 15.8. The summed E-state index contributed by atoms with van der Waals surface area (Å²) in [5.41, 5.74) is 0. The molecule has 0 aromatic carbocycles. The van der Waals surface area contributed by atoms with Gasteiger partial charge in [0.1, 0.15) is 12.7 Å². The Morgan fingerprint density at radius 1 is 0.517 bits per heavy atom. The molecule has 348 valence electrons. The molecule has 10 nitrogen and oxygen atoms in total. The van der Waals surface area contributed by atoms with E-state index in [1.165, 1.54) is 89.9 Å². The summed E-state index contributed by atoms with van der Waals surface area (Å²) >= 11 is 0. The highest BCUT2D eigenvalue weighted by Gasteiger charge is 2.27. The van der Waals surface area contributed by atoms with Crippen LogP contribution in [0.1, 0.15) is 200 Å². The van der Waals surface area contributed by atoms with Gasteiger partial charge >= 0.3 is 19.8 Å². The Morgan fingerprint density at radius 3 is 1.38 bits per heavy atom. The van der Waals surface area contributed by atoms with Gasteiger partial charge < -0.3 is 24.6 Å². The smallest absolute Gasteiger partial charge is 0.462 e. The Balaban J connectivity index is 4.29. The highest BCUT2D eigenvalue weighted by atomic mass is 31.2. The number of esters is 2. The number of ether oxygens (including phenoxy) is 2. The predicted molar refractivity (Wildman–Crippen MR) is 247 cm³/mol. The molecule has 3 atom stereocenters. The van der Waals surface area contributed by atoms with Crippen LogP contribution >= 0.6 is 7.82 Å². The van der Waals surface area contributed by atoms with E-state index in [-0.39, 0.29) is 19.4 Å². The maximum atomic E-state index is 12.6. The zero-order valence-corrected chi connectivity index (χ0v) is 38.8. The Hall–Kier alpha value is -2.33. The van der Waals surface area contributed by atoms with Gasteiger partial charge in [-0.25, -0.2) is 4.57 Å². The number of phosphoric ester groups is 1. The van der Waals surface area contributed by atoms with E-state index in [9.17, 15) is 24.2 Å². The van der Waals surface area contributed by atoms with Crippen molar-refractivity contribution in [2.24, 2.45) is 0 Å². The van der Waals surface area contributed by atoms with Gasteiger partial charge in [-0.1, -0.05) is 190 Å². The monoisotopic (exact) mass is 867 g/mol. The van der Waals surface area contributed by atoms with Gasteiger partial charge in [0.05, 0.1) is 19.8 Å². The van der Waals surface area contributed by atoms with Crippen molar-refractivity contribution in [3.8, 4) is 0 Å². The standard InChI is InChI=1S/C49H87O10P/c1-3-5-7-9-11-13-15-17-19-21-23-25-27-29-31-33-35-37-39-41-49(53)59-47(45-58-60(54,55)57-43-46(51)42-50)44-56-48(52)40-38-36-34-32-30-28-26-24-22-20-18-16-14-12-10-8-6-4-2/h5,7,11,13,17,19,23,25,29,31,46-47,50-51H,3-4,6,8-10,12,14-16,18,20-22,24,26-28,30,32-45H2,1-2H3,(H,54,55)/b7-5-,13-11-,19-17-,25-23-,31-29-. The summed E-state index contributed by atoms with van der Waals surface area (Å²) in [7, 11) is -4.63. The van der Waals surface area contributed by atoms with Crippen molar-refractivity contribution in [1.82, 2.24) is 0 Å². The summed E-state index contributed by atoms with van der Waals surface area (Å²) in [5, 5.41) is 18.4. The number of hydrogen-bond acceptors (Lipinski definition) is 9. The molecule has 0 aliphatic rings. The summed E-state index contributed by atoms with van der Waals surface area (Å²) < 4.78 is 32.8. The van der Waals surface area contributed by atoms with Gasteiger partial charge in [0.25, 0.3) is 0 Å². The van der Waals surface area contributed by atoms with E-state index in [0.29, 0.717) is 12.8 Å². The maximum absolute atomic E-state index is 12.6. The fourth-order valence-corrected chi connectivity index (χ4v) is 7.10. The third-order valence-electron chi connectivity index (χ3n) is 9.94. The molecule has 3 N–H and O–H groups in total. The SMILES string of the molecule is CC/C=C\C/C=C\C/C=C\C/C=C\C/C=C\CCCCCC(=O)OC(COC(=O)CCCCCCCCCCCCCCCCCCCC)COP(=O)(O)OCC(O)CO. The molecule has 0 fully saturated rings. The third kappa shape index (κ3) is 43.7. The molecular formula is C49H87O10P. The van der Waals surface area contributed by atoms with Gasteiger partial charge in [0.15, 0.2) is 6.10 Å². The van der Waals surface area contributed by atoms with Gasteiger partial charge in [0, 0.05) is 12.8 Å². The minimum atomic E-state index is -4.63. The topological polar surface area (TPSA) is 149 Å². The molecule has 0 aliphatic heterocycles. The van der Waals surface area contributed by atoms with E-state index >= 15 is 0 Å². The summed E-state index contributed by atoms with van der Waals surface area (Å²) in [4.78, 5) is 35.1. The second-order valence-corrected chi connectivity index (χ2v) is 17.2. The normalized spacial score (nSPS) is 14.3. The minimum absolute atomic E-state index is 0.144. The summed E-state index contributed by atoms with van der Waals surface area (Å²) in [6.07, 6.45) is 50.4. The molecule has 0 saturated carbocycles. The van der Waals surface area contributed by atoms with Gasteiger partial charge in [-0.3, -0.25) is 18.6 Å². The van der Waals surface area contributed by atoms with Crippen LogP contribution in [0.25, 0.3) is 0 Å². The molecule has 0 heterocycles. The van der Waals surface area contributed by atoms with Gasteiger partial charge in [-0.05, 0) is 57.8 Å². The van der Waals surface area contributed by atoms with E-state index in [1.807, 2.05) is 0 Å². The van der Waals surface area contributed by atoms with Crippen LogP contribution < -0.4 is 0 Å². The molecule has 0 spiro atoms. The molecule has 0 saturated heterocycles. The van der Waals surface area contributed by atoms with Gasteiger partial charge in [-0.2, -0.15) is 0 Å². The lowest BCUT2D eigenvalue weighted by Crippen LogP contribution is -2.29. The molecule has 0 rings (SSSR count). The highest BCUT2D eigenvalue weighted by molar-refractivity contribution is 7.47. The van der Waals surface area contributed by atoms with E-state index in [4.69, 9.17) is 23.6 Å². The van der Waals surface area contributed by atoms with Crippen LogP contribution in [0, 0.1) is 0 Å². The van der Waals surface area contributed by atoms with Gasteiger partial charge in [-0.15, -0.1) is 0 Å². The minimum Gasteiger partial charge on any atom is -0.462 e. The number of unbranched alkanes of at least 4 members (excludes halogenated alkanes) is 20.